The summed E-state index contributed by atoms with van der Waals surface area (Å²) in [5.74, 6) is -0.685. The fourth-order valence-electron chi connectivity index (χ4n) is 3.65. The van der Waals surface area contributed by atoms with E-state index < -0.39 is 10.0 Å². The third-order valence-corrected chi connectivity index (χ3v) is 7.06. The van der Waals surface area contributed by atoms with Gasteiger partial charge in [0.05, 0.1) is 17.7 Å². The number of carbonyl (C=O) groups excluding carboxylic acids is 1. The normalized spacial score (nSPS) is 20.0. The number of carbonyl (C=O) groups is 1. The van der Waals surface area contributed by atoms with Crippen molar-refractivity contribution in [2.24, 2.45) is 11.3 Å². The summed E-state index contributed by atoms with van der Waals surface area (Å²) < 4.78 is 39.5. The van der Waals surface area contributed by atoms with Crippen LogP contribution in [0.1, 0.15) is 65.0 Å². The Labute approximate surface area is 168 Å². The molecule has 0 aromatic heterocycles. The number of halogens is 1. The first-order chi connectivity index (χ1) is 13.0. The molecular weight excluding hydrogens is 379 g/mol. The molecule has 1 aliphatic rings. The molecule has 0 bridgehead atoms. The lowest BCUT2D eigenvalue weighted by molar-refractivity contribution is -0.127. The number of sulfonamides is 1. The van der Waals surface area contributed by atoms with Crippen LogP contribution in [0.3, 0.4) is 0 Å². The minimum absolute atomic E-state index is 0.0323. The number of benzene rings is 1. The summed E-state index contributed by atoms with van der Waals surface area (Å²) in [5, 5.41) is 3.10. The lowest BCUT2D eigenvalue weighted by atomic mass is 9.85. The van der Waals surface area contributed by atoms with Crippen LogP contribution >= 0.6 is 0 Å². The molecule has 1 fully saturated rings. The van der Waals surface area contributed by atoms with Gasteiger partial charge in [-0.05, 0) is 48.8 Å². The molecule has 1 saturated heterocycles. The fraction of sp³-hybridized carbons (Fsp3) is 0.667. The Morgan fingerprint density at radius 1 is 1.29 bits per heavy atom. The molecule has 0 saturated carbocycles. The second-order valence-electron chi connectivity index (χ2n) is 8.89. The van der Waals surface area contributed by atoms with E-state index in [1.165, 1.54) is 16.4 Å². The van der Waals surface area contributed by atoms with Crippen molar-refractivity contribution in [1.29, 1.82) is 0 Å². The van der Waals surface area contributed by atoms with Crippen LogP contribution in [0.25, 0.3) is 0 Å². The summed E-state index contributed by atoms with van der Waals surface area (Å²) in [4.78, 5) is 13.0. The Bertz CT molecular complexity index is 757. The maximum Gasteiger partial charge on any atom is 0.224 e. The zero-order chi connectivity index (χ0) is 20.9. The van der Waals surface area contributed by atoms with E-state index in [1.807, 2.05) is 6.92 Å². The number of hydrogen-bond acceptors (Lipinski definition) is 3. The van der Waals surface area contributed by atoms with E-state index in [0.29, 0.717) is 32.2 Å². The molecule has 2 unspecified atom stereocenters. The summed E-state index contributed by atoms with van der Waals surface area (Å²) in [7, 11) is -3.30. The first-order valence-corrected chi connectivity index (χ1v) is 11.7. The predicted molar refractivity (Wildman–Crippen MR) is 110 cm³/mol. The Morgan fingerprint density at radius 3 is 2.50 bits per heavy atom. The highest BCUT2D eigenvalue weighted by molar-refractivity contribution is 7.89. The number of nitrogens with zero attached hydrogens (tertiary/aromatic N) is 1. The molecule has 2 rings (SSSR count). The molecule has 2 atom stereocenters. The zero-order valence-electron chi connectivity index (χ0n) is 17.4. The van der Waals surface area contributed by atoms with Crippen LogP contribution in [-0.4, -0.2) is 37.5 Å². The second-order valence-corrected chi connectivity index (χ2v) is 11.0. The molecule has 1 aliphatic heterocycles. The van der Waals surface area contributed by atoms with Gasteiger partial charge in [0.2, 0.25) is 15.9 Å². The molecule has 0 radical (unpaired) electrons. The minimum atomic E-state index is -3.30. The van der Waals surface area contributed by atoms with Gasteiger partial charge in [0.25, 0.3) is 0 Å². The molecule has 7 heteroatoms. The molecule has 1 amide bonds. The van der Waals surface area contributed by atoms with E-state index in [2.05, 4.69) is 26.1 Å². The van der Waals surface area contributed by atoms with Crippen molar-refractivity contribution in [3.05, 3.63) is 35.6 Å². The average Bonchev–Trinajstić information content (AvgIpc) is 2.60. The van der Waals surface area contributed by atoms with Crippen molar-refractivity contribution >= 4 is 15.9 Å². The first-order valence-electron chi connectivity index (χ1n) is 10.1. The summed E-state index contributed by atoms with van der Waals surface area (Å²) >= 11 is 0. The summed E-state index contributed by atoms with van der Waals surface area (Å²) in [5.41, 5.74) is 0.825. The Hall–Kier alpha value is -1.47. The van der Waals surface area contributed by atoms with Crippen molar-refractivity contribution in [3.63, 3.8) is 0 Å². The number of nitrogens with one attached hydrogen (secondary N) is 1. The molecule has 1 heterocycles. The van der Waals surface area contributed by atoms with Crippen molar-refractivity contribution in [1.82, 2.24) is 9.62 Å². The molecule has 28 heavy (non-hydrogen) atoms. The van der Waals surface area contributed by atoms with E-state index >= 15 is 0 Å². The Morgan fingerprint density at radius 2 is 1.93 bits per heavy atom. The molecule has 0 aliphatic carbocycles. The third-order valence-electron chi connectivity index (χ3n) is 5.02. The highest BCUT2D eigenvalue weighted by atomic mass is 32.2. The molecule has 158 valence electrons. The Kier molecular flexibility index (Phi) is 7.62. The summed E-state index contributed by atoms with van der Waals surface area (Å²) in [6.45, 7) is 8.83. The summed E-state index contributed by atoms with van der Waals surface area (Å²) in [6.07, 6.45) is 2.63. The number of piperidine rings is 1. The van der Waals surface area contributed by atoms with E-state index in [1.54, 1.807) is 12.1 Å². The van der Waals surface area contributed by atoms with Crippen LogP contribution < -0.4 is 5.32 Å². The minimum Gasteiger partial charge on any atom is -0.349 e. The highest BCUT2D eigenvalue weighted by Gasteiger charge is 2.33. The van der Waals surface area contributed by atoms with Gasteiger partial charge < -0.3 is 5.32 Å². The van der Waals surface area contributed by atoms with Crippen molar-refractivity contribution in [2.45, 2.75) is 59.4 Å². The fourth-order valence-corrected chi connectivity index (χ4v) is 5.23. The van der Waals surface area contributed by atoms with Crippen LogP contribution in [0, 0.1) is 17.2 Å². The summed E-state index contributed by atoms with van der Waals surface area (Å²) in [6, 6.07) is 5.96. The maximum atomic E-state index is 13.3. The van der Waals surface area contributed by atoms with E-state index in [4.69, 9.17) is 0 Å². The topological polar surface area (TPSA) is 66.5 Å². The van der Waals surface area contributed by atoms with Gasteiger partial charge in [0, 0.05) is 13.1 Å². The van der Waals surface area contributed by atoms with E-state index in [9.17, 15) is 17.6 Å². The molecular formula is C21H33FN2O3S. The zero-order valence-corrected chi connectivity index (χ0v) is 18.2. The van der Waals surface area contributed by atoms with Gasteiger partial charge in [-0.25, -0.2) is 17.1 Å². The van der Waals surface area contributed by atoms with Gasteiger partial charge >= 0.3 is 0 Å². The van der Waals surface area contributed by atoms with Crippen LogP contribution in [0.2, 0.25) is 0 Å². The van der Waals surface area contributed by atoms with Gasteiger partial charge in [-0.15, -0.1) is 0 Å². The van der Waals surface area contributed by atoms with Gasteiger partial charge in [-0.2, -0.15) is 0 Å². The number of amides is 1. The lowest BCUT2D eigenvalue weighted by Gasteiger charge is -2.33. The first kappa shape index (κ1) is 22.8. The van der Waals surface area contributed by atoms with E-state index in [-0.39, 0.29) is 41.4 Å². The standard InChI is InChI=1S/C21H33FN2O3S/c1-5-13-28(26,27)24-12-6-7-17(15-24)20(25)23-19(14-21(2,3)4)16-8-10-18(22)11-9-16/h8-11,17,19H,5-7,12-15H2,1-4H3,(H,23,25). The Balaban J connectivity index is 2.12. The van der Waals surface area contributed by atoms with Gasteiger partial charge in [-0.3, -0.25) is 4.79 Å². The molecule has 0 spiro atoms. The van der Waals surface area contributed by atoms with Gasteiger partial charge in [0.1, 0.15) is 5.82 Å². The van der Waals surface area contributed by atoms with E-state index in [0.717, 1.165) is 5.56 Å². The van der Waals surface area contributed by atoms with Crippen molar-refractivity contribution < 1.29 is 17.6 Å². The molecule has 5 nitrogen and oxygen atoms in total. The van der Waals surface area contributed by atoms with Crippen LogP contribution in [-0.2, 0) is 14.8 Å². The van der Waals surface area contributed by atoms with Gasteiger partial charge in [-0.1, -0.05) is 39.8 Å². The van der Waals surface area contributed by atoms with Crippen molar-refractivity contribution in [2.75, 3.05) is 18.8 Å². The maximum absolute atomic E-state index is 13.3. The van der Waals surface area contributed by atoms with Crippen LogP contribution in [0.15, 0.2) is 24.3 Å². The average molecular weight is 413 g/mol. The monoisotopic (exact) mass is 412 g/mol. The predicted octanol–water partition coefficient (Wildman–Crippen LogP) is 3.87. The lowest BCUT2D eigenvalue weighted by Crippen LogP contribution is -2.46. The van der Waals surface area contributed by atoms with Gasteiger partial charge in [0.15, 0.2) is 0 Å². The number of hydrogen-bond donors (Lipinski definition) is 1. The smallest absolute Gasteiger partial charge is 0.224 e. The van der Waals surface area contributed by atoms with Crippen LogP contribution in [0.5, 0.6) is 0 Å². The highest BCUT2D eigenvalue weighted by Crippen LogP contribution is 2.30. The largest absolute Gasteiger partial charge is 0.349 e. The molecule has 1 aromatic carbocycles. The molecule has 1 N–H and O–H groups in total. The third kappa shape index (κ3) is 6.55. The SMILES string of the molecule is CCCS(=O)(=O)N1CCCC(C(=O)NC(CC(C)(C)C)c2ccc(F)cc2)C1. The number of rotatable bonds is 7. The second kappa shape index (κ2) is 9.35. The van der Waals surface area contributed by atoms with Crippen LogP contribution in [0.4, 0.5) is 4.39 Å². The molecule has 1 aromatic rings. The van der Waals surface area contributed by atoms with Crippen molar-refractivity contribution in [3.8, 4) is 0 Å². The quantitative estimate of drug-likeness (QED) is 0.739.